The first-order chi connectivity index (χ1) is 11.0. The molecule has 118 valence electrons. The van der Waals surface area contributed by atoms with Gasteiger partial charge in [0.1, 0.15) is 0 Å². The van der Waals surface area contributed by atoms with Gasteiger partial charge in [0.15, 0.2) is 0 Å². The minimum Gasteiger partial charge on any atom is -0.321 e. The lowest BCUT2D eigenvalue weighted by Crippen LogP contribution is -2.10. The molecule has 0 saturated heterocycles. The summed E-state index contributed by atoms with van der Waals surface area (Å²) >= 11 is 7.28. The molecule has 2 aromatic heterocycles. The number of anilines is 1. The average molecular weight is 346 g/mol. The third-order valence-corrected chi connectivity index (χ3v) is 4.48. The predicted molar refractivity (Wildman–Crippen MR) is 94.5 cm³/mol. The summed E-state index contributed by atoms with van der Waals surface area (Å²) in [5.41, 5.74) is 4.10. The zero-order chi connectivity index (χ0) is 16.4. The lowest BCUT2D eigenvalue weighted by atomic mass is 10.1. The van der Waals surface area contributed by atoms with Crippen LogP contribution >= 0.6 is 22.9 Å². The number of benzene rings is 1. The van der Waals surface area contributed by atoms with Crippen LogP contribution in [0.4, 0.5) is 5.69 Å². The molecule has 1 amide bonds. The van der Waals surface area contributed by atoms with Crippen LogP contribution in [-0.4, -0.2) is 15.7 Å². The van der Waals surface area contributed by atoms with Gasteiger partial charge in [-0.1, -0.05) is 17.7 Å². The van der Waals surface area contributed by atoms with Crippen molar-refractivity contribution < 1.29 is 4.79 Å². The molecular weight excluding hydrogens is 330 g/mol. The van der Waals surface area contributed by atoms with Crippen molar-refractivity contribution in [2.75, 3.05) is 5.32 Å². The molecular formula is C17H16ClN3OS. The van der Waals surface area contributed by atoms with E-state index in [-0.39, 0.29) is 5.91 Å². The molecule has 0 spiro atoms. The minimum atomic E-state index is -0.0928. The summed E-state index contributed by atoms with van der Waals surface area (Å²) in [5, 5.41) is 9.66. The van der Waals surface area contributed by atoms with Crippen molar-refractivity contribution in [1.82, 2.24) is 9.78 Å². The highest BCUT2D eigenvalue weighted by atomic mass is 35.5. The van der Waals surface area contributed by atoms with E-state index in [1.807, 2.05) is 37.4 Å². The molecule has 3 rings (SSSR count). The Balaban J connectivity index is 1.70. The summed E-state index contributed by atoms with van der Waals surface area (Å²) in [5.74, 6) is -0.0928. The Morgan fingerprint density at radius 3 is 2.65 bits per heavy atom. The topological polar surface area (TPSA) is 46.9 Å². The van der Waals surface area contributed by atoms with Crippen LogP contribution in [0.25, 0.3) is 0 Å². The van der Waals surface area contributed by atoms with Crippen LogP contribution in [0.2, 0.25) is 5.02 Å². The van der Waals surface area contributed by atoms with Gasteiger partial charge in [-0.3, -0.25) is 9.48 Å². The van der Waals surface area contributed by atoms with Crippen LogP contribution in [0.5, 0.6) is 0 Å². The fourth-order valence-corrected chi connectivity index (χ4v) is 3.38. The summed E-state index contributed by atoms with van der Waals surface area (Å²) in [6.45, 7) is 4.63. The van der Waals surface area contributed by atoms with Crippen LogP contribution in [-0.2, 0) is 6.54 Å². The van der Waals surface area contributed by atoms with E-state index >= 15 is 0 Å². The van der Waals surface area contributed by atoms with Gasteiger partial charge >= 0.3 is 0 Å². The second-order valence-electron chi connectivity index (χ2n) is 5.51. The lowest BCUT2D eigenvalue weighted by Gasteiger charge is -2.06. The number of halogens is 1. The van der Waals surface area contributed by atoms with Crippen molar-refractivity contribution in [2.45, 2.75) is 20.4 Å². The highest BCUT2D eigenvalue weighted by Gasteiger charge is 2.10. The second-order valence-corrected chi connectivity index (χ2v) is 6.85. The van der Waals surface area contributed by atoms with Gasteiger partial charge in [-0.2, -0.15) is 5.10 Å². The van der Waals surface area contributed by atoms with Crippen LogP contribution in [0.1, 0.15) is 26.4 Å². The van der Waals surface area contributed by atoms with Gasteiger partial charge in [0.05, 0.1) is 22.6 Å². The third-order valence-electron chi connectivity index (χ3n) is 3.30. The number of hydrogen-bond donors (Lipinski definition) is 1. The van der Waals surface area contributed by atoms with Crippen molar-refractivity contribution in [1.29, 1.82) is 0 Å². The highest BCUT2D eigenvalue weighted by molar-refractivity contribution is 7.12. The first-order valence-corrected chi connectivity index (χ1v) is 8.40. The molecule has 0 radical (unpaired) electrons. The predicted octanol–water partition coefficient (Wildman–Crippen LogP) is 4.52. The molecule has 2 heterocycles. The Labute approximate surface area is 143 Å². The fraction of sp³-hybridized carbons (Fsp3) is 0.176. The molecule has 0 aliphatic heterocycles. The summed E-state index contributed by atoms with van der Waals surface area (Å²) < 4.78 is 1.75. The third kappa shape index (κ3) is 4.00. The molecule has 0 aliphatic rings. The Kier molecular flexibility index (Phi) is 4.50. The maximum atomic E-state index is 12.4. The number of nitrogens with one attached hydrogen (secondary N) is 1. The number of thiophene rings is 1. The number of rotatable bonds is 4. The molecule has 3 aromatic rings. The molecule has 0 fully saturated rings. The first kappa shape index (κ1) is 15.8. The Morgan fingerprint density at radius 2 is 2.00 bits per heavy atom. The van der Waals surface area contributed by atoms with Gasteiger partial charge in [-0.25, -0.2) is 0 Å². The van der Waals surface area contributed by atoms with Crippen LogP contribution in [0.3, 0.4) is 0 Å². The number of nitrogens with zero attached hydrogens (tertiary/aromatic N) is 2. The second kappa shape index (κ2) is 6.56. The van der Waals surface area contributed by atoms with Crippen molar-refractivity contribution >= 4 is 34.5 Å². The van der Waals surface area contributed by atoms with Gasteiger partial charge < -0.3 is 5.32 Å². The molecule has 0 unspecified atom stereocenters. The van der Waals surface area contributed by atoms with Crippen molar-refractivity contribution in [3.63, 3.8) is 0 Å². The van der Waals surface area contributed by atoms with E-state index in [0.717, 1.165) is 22.4 Å². The molecule has 1 aromatic carbocycles. The maximum Gasteiger partial charge on any atom is 0.265 e. The van der Waals surface area contributed by atoms with Crippen LogP contribution < -0.4 is 5.32 Å². The first-order valence-electron chi connectivity index (χ1n) is 7.14. The minimum absolute atomic E-state index is 0.0928. The van der Waals surface area contributed by atoms with E-state index in [2.05, 4.69) is 16.5 Å². The van der Waals surface area contributed by atoms with Gasteiger partial charge in [0, 0.05) is 11.9 Å². The van der Waals surface area contributed by atoms with Gasteiger partial charge in [-0.15, -0.1) is 11.3 Å². The lowest BCUT2D eigenvalue weighted by molar-refractivity contribution is 0.103. The fourth-order valence-electron chi connectivity index (χ4n) is 2.43. The molecule has 0 saturated carbocycles. The molecule has 0 bridgehead atoms. The number of amides is 1. The zero-order valence-electron chi connectivity index (χ0n) is 12.8. The maximum absolute atomic E-state index is 12.4. The Bertz CT molecular complexity index is 833. The van der Waals surface area contributed by atoms with E-state index in [1.54, 1.807) is 17.1 Å². The van der Waals surface area contributed by atoms with Crippen molar-refractivity contribution in [3.05, 3.63) is 68.6 Å². The number of aromatic nitrogens is 2. The van der Waals surface area contributed by atoms with E-state index in [4.69, 9.17) is 11.6 Å². The molecule has 4 nitrogen and oxygen atoms in total. The molecule has 23 heavy (non-hydrogen) atoms. The zero-order valence-corrected chi connectivity index (χ0v) is 14.4. The molecule has 6 heteroatoms. The van der Waals surface area contributed by atoms with Crippen LogP contribution in [0.15, 0.2) is 42.0 Å². The molecule has 0 atom stereocenters. The largest absolute Gasteiger partial charge is 0.321 e. The summed E-state index contributed by atoms with van der Waals surface area (Å²) in [7, 11) is 0. The van der Waals surface area contributed by atoms with Gasteiger partial charge in [0.2, 0.25) is 0 Å². The number of aryl methyl sites for hydroxylation is 2. The summed E-state index contributed by atoms with van der Waals surface area (Å²) in [4.78, 5) is 13.0. The molecule has 0 aliphatic carbocycles. The van der Waals surface area contributed by atoms with Gasteiger partial charge in [0.25, 0.3) is 5.91 Å². The van der Waals surface area contributed by atoms with E-state index in [9.17, 15) is 4.79 Å². The Hall–Kier alpha value is -2.11. The van der Waals surface area contributed by atoms with E-state index < -0.39 is 0 Å². The average Bonchev–Trinajstić information content (AvgIpc) is 3.07. The van der Waals surface area contributed by atoms with Crippen LogP contribution in [0, 0.1) is 13.8 Å². The monoisotopic (exact) mass is 345 g/mol. The van der Waals surface area contributed by atoms with Crippen molar-refractivity contribution in [2.24, 2.45) is 0 Å². The van der Waals surface area contributed by atoms with E-state index in [0.29, 0.717) is 16.4 Å². The number of carbonyl (C=O) groups is 1. The molecule has 1 N–H and O–H groups in total. The van der Waals surface area contributed by atoms with Crippen molar-refractivity contribution in [3.8, 4) is 0 Å². The summed E-state index contributed by atoms with van der Waals surface area (Å²) in [6.07, 6.45) is 3.36. The standard InChI is InChI=1S/C17H16ClN3OS/c1-11-3-12(2)5-15(4-11)20-17(22)16-6-13(10-23-16)8-21-9-14(18)7-19-21/h3-7,9-10H,8H2,1-2H3,(H,20,22). The highest BCUT2D eigenvalue weighted by Crippen LogP contribution is 2.20. The SMILES string of the molecule is Cc1cc(C)cc(NC(=O)c2cc(Cn3cc(Cl)cn3)cs2)c1. The quantitative estimate of drug-likeness (QED) is 0.756. The van der Waals surface area contributed by atoms with E-state index in [1.165, 1.54) is 11.3 Å². The number of carbonyl (C=O) groups excluding carboxylic acids is 1. The smallest absolute Gasteiger partial charge is 0.265 e. The number of hydrogen-bond acceptors (Lipinski definition) is 3. The summed E-state index contributed by atoms with van der Waals surface area (Å²) in [6, 6.07) is 7.89. The van der Waals surface area contributed by atoms with Gasteiger partial charge in [-0.05, 0) is 54.1 Å². The normalized spacial score (nSPS) is 10.7. The Morgan fingerprint density at radius 1 is 1.26 bits per heavy atom.